The zero-order valence-corrected chi connectivity index (χ0v) is 22.5. The zero-order valence-electron chi connectivity index (χ0n) is 22.5. The van der Waals surface area contributed by atoms with E-state index in [1.54, 1.807) is 12.2 Å². The van der Waals surface area contributed by atoms with Crippen LogP contribution in [-0.4, -0.2) is 101 Å². The highest BCUT2D eigenvalue weighted by atomic mass is 16.8. The van der Waals surface area contributed by atoms with Gasteiger partial charge in [0.15, 0.2) is 30.3 Å². The third kappa shape index (κ3) is 7.72. The van der Waals surface area contributed by atoms with E-state index < -0.39 is 60.8 Å². The van der Waals surface area contributed by atoms with Crippen molar-refractivity contribution in [3.8, 4) is 0 Å². The summed E-state index contributed by atoms with van der Waals surface area (Å²) in [5, 5.41) is 41.4. The Hall–Kier alpha value is -2.84. The molecule has 41 heavy (non-hydrogen) atoms. The predicted octanol–water partition coefficient (Wildman–Crippen LogP) is 0.599. The first-order valence-electron chi connectivity index (χ1n) is 13.4. The first-order chi connectivity index (χ1) is 19.7. The van der Waals surface area contributed by atoms with Gasteiger partial charge < -0.3 is 44.1 Å². The van der Waals surface area contributed by atoms with Crippen LogP contribution in [0.1, 0.15) is 17.5 Å². The number of aliphatic hydroxyl groups excluding tert-OH is 4. The van der Waals surface area contributed by atoms with Crippen LogP contribution in [0, 0.1) is 5.92 Å². The van der Waals surface area contributed by atoms with Crippen LogP contribution >= 0.6 is 0 Å². The lowest BCUT2D eigenvalue weighted by Gasteiger charge is -2.41. The fourth-order valence-electron chi connectivity index (χ4n) is 4.56. The number of aliphatic hydroxyl groups is 4. The monoisotopic (exact) mass is 572 g/mol. The lowest BCUT2D eigenvalue weighted by molar-refractivity contribution is -0.338. The van der Waals surface area contributed by atoms with Gasteiger partial charge in [-0.15, -0.1) is 0 Å². The number of Topliss-reactive ketones (excluding diaryl/α,β-unsaturated/α-hetero) is 2. The average Bonchev–Trinajstić information content (AvgIpc) is 2.99. The van der Waals surface area contributed by atoms with Crippen LogP contribution < -0.4 is 0 Å². The van der Waals surface area contributed by atoms with Gasteiger partial charge in [0.05, 0.1) is 26.4 Å². The van der Waals surface area contributed by atoms with Crippen LogP contribution in [0.15, 0.2) is 67.3 Å². The van der Waals surface area contributed by atoms with Crippen molar-refractivity contribution in [2.24, 2.45) is 5.92 Å². The minimum atomic E-state index is -1.92. The number of hydrogen-bond donors (Lipinski definition) is 4. The molecule has 0 bridgehead atoms. The van der Waals surface area contributed by atoms with E-state index in [4.69, 9.17) is 23.7 Å². The van der Waals surface area contributed by atoms with E-state index in [-0.39, 0.29) is 32.3 Å². The number of carbonyl (C=O) groups is 2. The number of rotatable bonds is 12. The molecular weight excluding hydrogens is 536 g/mol. The molecule has 1 aliphatic carbocycles. The third-order valence-corrected chi connectivity index (χ3v) is 7.10. The van der Waals surface area contributed by atoms with Crippen molar-refractivity contribution in [1.29, 1.82) is 0 Å². The maximum absolute atomic E-state index is 12.5. The minimum absolute atomic E-state index is 0.0776. The van der Waals surface area contributed by atoms with Gasteiger partial charge in [0.2, 0.25) is 0 Å². The molecule has 0 amide bonds. The van der Waals surface area contributed by atoms with Crippen LogP contribution in [0.3, 0.4) is 0 Å². The molecule has 4 N–H and O–H groups in total. The molecule has 9 atom stereocenters. The summed E-state index contributed by atoms with van der Waals surface area (Å²) in [6, 6.07) is 7.40. The highest BCUT2D eigenvalue weighted by molar-refractivity contribution is 5.89. The first-order valence-corrected chi connectivity index (χ1v) is 13.4. The SMILES string of the molecule is C=CC1=CCC(COCC2O[C@H](O[C@H]3OC(COCc4ccc(C=C)cc4)[C@@H](O)C(=O)[C@H]3O)[C@H](O)C(O)C2=O)C=C1. The Morgan fingerprint density at radius 3 is 2.27 bits per heavy atom. The van der Waals surface area contributed by atoms with E-state index in [0.29, 0.717) is 0 Å². The maximum atomic E-state index is 12.5. The minimum Gasteiger partial charge on any atom is -0.385 e. The van der Waals surface area contributed by atoms with Crippen LogP contribution in [0.4, 0.5) is 0 Å². The summed E-state index contributed by atoms with van der Waals surface area (Å²) < 4.78 is 27.9. The summed E-state index contributed by atoms with van der Waals surface area (Å²) in [4.78, 5) is 25.0. The van der Waals surface area contributed by atoms with Crippen molar-refractivity contribution in [3.05, 3.63) is 78.4 Å². The summed E-state index contributed by atoms with van der Waals surface area (Å²) in [6.07, 6.45) is -3.00. The molecule has 2 saturated heterocycles. The quantitative estimate of drug-likeness (QED) is 0.278. The van der Waals surface area contributed by atoms with Gasteiger partial charge in [-0.05, 0) is 23.1 Å². The van der Waals surface area contributed by atoms with E-state index in [1.165, 1.54) is 0 Å². The molecule has 1 aromatic rings. The van der Waals surface area contributed by atoms with Gasteiger partial charge in [0, 0.05) is 5.92 Å². The van der Waals surface area contributed by atoms with Crippen molar-refractivity contribution in [2.45, 2.75) is 62.2 Å². The van der Waals surface area contributed by atoms with Gasteiger partial charge in [0.25, 0.3) is 0 Å². The van der Waals surface area contributed by atoms with Crippen molar-refractivity contribution in [1.82, 2.24) is 0 Å². The van der Waals surface area contributed by atoms with Crippen LogP contribution in [0.5, 0.6) is 0 Å². The van der Waals surface area contributed by atoms with Gasteiger partial charge in [-0.3, -0.25) is 9.59 Å². The normalized spacial score (nSPS) is 33.9. The fraction of sp³-hybridized carbons (Fsp3) is 0.467. The molecule has 2 aliphatic heterocycles. The van der Waals surface area contributed by atoms with E-state index in [0.717, 1.165) is 23.1 Å². The summed E-state index contributed by atoms with van der Waals surface area (Å²) in [5.41, 5.74) is 2.78. The van der Waals surface area contributed by atoms with Crippen molar-refractivity contribution >= 4 is 17.6 Å². The number of ketones is 2. The number of carbonyl (C=O) groups excluding carboxylic acids is 2. The second-order valence-corrected chi connectivity index (χ2v) is 10.1. The molecule has 2 heterocycles. The van der Waals surface area contributed by atoms with E-state index in [1.807, 2.05) is 42.5 Å². The average molecular weight is 573 g/mol. The standard InChI is InChI=1S/C30H36O11/c1-3-17-5-9-19(10-6-17)13-37-15-21-23(31)25(33)27(35)29(39-21)41-30-28(36)26(34)24(32)22(40-30)16-38-14-20-11-7-18(4-2)8-12-20/h3-11,20-23,26-31,34-36H,1-2,12-16H2/t20?,21?,22?,23-,26?,27-,28-,29-,30-/m1/s1. The second kappa shape index (κ2) is 14.4. The van der Waals surface area contributed by atoms with Gasteiger partial charge in [-0.25, -0.2) is 0 Å². The van der Waals surface area contributed by atoms with Gasteiger partial charge in [-0.1, -0.05) is 67.8 Å². The second-order valence-electron chi connectivity index (χ2n) is 10.1. The molecule has 0 aromatic heterocycles. The Morgan fingerprint density at radius 1 is 0.854 bits per heavy atom. The Bertz CT molecular complexity index is 1140. The van der Waals surface area contributed by atoms with Gasteiger partial charge in [-0.2, -0.15) is 0 Å². The van der Waals surface area contributed by atoms with Crippen molar-refractivity contribution in [2.75, 3.05) is 19.8 Å². The van der Waals surface area contributed by atoms with Crippen molar-refractivity contribution in [3.63, 3.8) is 0 Å². The number of benzene rings is 1. The van der Waals surface area contributed by atoms with Gasteiger partial charge >= 0.3 is 0 Å². The smallest absolute Gasteiger partial charge is 0.197 e. The Morgan fingerprint density at radius 2 is 1.61 bits per heavy atom. The Balaban J connectivity index is 1.31. The molecule has 0 saturated carbocycles. The lowest BCUT2D eigenvalue weighted by atomic mass is 9.97. The molecule has 3 aliphatic rings. The molecular formula is C30H36O11. The van der Waals surface area contributed by atoms with E-state index in [2.05, 4.69) is 13.2 Å². The van der Waals surface area contributed by atoms with Crippen molar-refractivity contribution < 1.29 is 53.7 Å². The highest BCUT2D eigenvalue weighted by Crippen LogP contribution is 2.26. The van der Waals surface area contributed by atoms with Crippen LogP contribution in [-0.2, 0) is 39.9 Å². The Kier molecular flexibility index (Phi) is 10.9. The largest absolute Gasteiger partial charge is 0.385 e. The first kappa shape index (κ1) is 31.1. The zero-order chi connectivity index (χ0) is 29.5. The Labute approximate surface area is 237 Å². The maximum Gasteiger partial charge on any atom is 0.197 e. The molecule has 11 heteroatoms. The van der Waals surface area contributed by atoms with E-state index >= 15 is 0 Å². The molecule has 1 aromatic carbocycles. The topological polar surface area (TPSA) is 161 Å². The summed E-state index contributed by atoms with van der Waals surface area (Å²) in [5.74, 6) is -1.69. The molecule has 4 rings (SSSR count). The fourth-order valence-corrected chi connectivity index (χ4v) is 4.56. The molecule has 0 spiro atoms. The summed E-state index contributed by atoms with van der Waals surface area (Å²) in [7, 11) is 0. The highest BCUT2D eigenvalue weighted by Gasteiger charge is 2.49. The number of hydrogen-bond acceptors (Lipinski definition) is 11. The lowest BCUT2D eigenvalue weighted by Crippen LogP contribution is -2.62. The molecule has 4 unspecified atom stereocenters. The van der Waals surface area contributed by atoms with E-state index in [9.17, 15) is 30.0 Å². The third-order valence-electron chi connectivity index (χ3n) is 7.10. The number of ether oxygens (including phenoxy) is 5. The molecule has 11 nitrogen and oxygen atoms in total. The molecule has 2 fully saturated rings. The van der Waals surface area contributed by atoms with Crippen LogP contribution in [0.25, 0.3) is 6.08 Å². The molecule has 0 radical (unpaired) electrons. The molecule has 222 valence electrons. The van der Waals surface area contributed by atoms with Gasteiger partial charge in [0.1, 0.15) is 30.5 Å². The number of allylic oxidation sites excluding steroid dienone is 4. The van der Waals surface area contributed by atoms with Crippen LogP contribution in [0.2, 0.25) is 0 Å². The summed E-state index contributed by atoms with van der Waals surface area (Å²) in [6.45, 7) is 7.43. The predicted molar refractivity (Wildman–Crippen MR) is 145 cm³/mol. The summed E-state index contributed by atoms with van der Waals surface area (Å²) >= 11 is 0.